The van der Waals surface area contributed by atoms with Crippen LogP contribution >= 0.6 is 0 Å². The summed E-state index contributed by atoms with van der Waals surface area (Å²) >= 11 is 0. The van der Waals surface area contributed by atoms with Crippen molar-refractivity contribution in [3.63, 3.8) is 0 Å². The molecule has 0 aliphatic heterocycles. The van der Waals surface area contributed by atoms with Gasteiger partial charge in [-0.1, -0.05) is 6.08 Å². The van der Waals surface area contributed by atoms with Crippen LogP contribution < -0.4 is 16.2 Å². The van der Waals surface area contributed by atoms with Crippen molar-refractivity contribution >= 4 is 11.5 Å². The Balaban J connectivity index is 3.04. The standard InChI is InChI=1S/C9H14N4O2/c1-2-3-13(4-5-14)8-7(10)9(15)12-6-11-8/h2,6,14H,1,3-5,10H2,(H,11,12,15). The summed E-state index contributed by atoms with van der Waals surface area (Å²) in [4.78, 5) is 19.2. The van der Waals surface area contributed by atoms with E-state index in [9.17, 15) is 4.79 Å². The predicted molar refractivity (Wildman–Crippen MR) is 58.8 cm³/mol. The smallest absolute Gasteiger partial charge is 0.276 e. The first-order valence-corrected chi connectivity index (χ1v) is 4.50. The second-order valence-electron chi connectivity index (χ2n) is 2.93. The van der Waals surface area contributed by atoms with Crippen LogP contribution in [0.5, 0.6) is 0 Å². The summed E-state index contributed by atoms with van der Waals surface area (Å²) in [6.45, 7) is 4.37. The number of rotatable bonds is 5. The zero-order chi connectivity index (χ0) is 11.3. The molecule has 6 nitrogen and oxygen atoms in total. The predicted octanol–water partition coefficient (Wildman–Crippen LogP) is -0.663. The number of aromatic amines is 1. The molecule has 6 heteroatoms. The Hall–Kier alpha value is -1.82. The number of nitrogens with one attached hydrogen (secondary N) is 1. The summed E-state index contributed by atoms with van der Waals surface area (Å²) in [5.41, 5.74) is 5.25. The van der Waals surface area contributed by atoms with Crippen LogP contribution in [0.3, 0.4) is 0 Å². The molecule has 0 saturated heterocycles. The molecule has 0 aliphatic rings. The van der Waals surface area contributed by atoms with E-state index < -0.39 is 0 Å². The van der Waals surface area contributed by atoms with Crippen molar-refractivity contribution in [2.24, 2.45) is 0 Å². The van der Waals surface area contributed by atoms with Gasteiger partial charge in [-0.15, -0.1) is 6.58 Å². The van der Waals surface area contributed by atoms with Gasteiger partial charge in [-0.3, -0.25) is 4.79 Å². The number of hydrogen-bond acceptors (Lipinski definition) is 5. The SMILES string of the molecule is C=CCN(CCO)c1nc[nH]c(=O)c1N. The summed E-state index contributed by atoms with van der Waals surface area (Å²) in [5.74, 6) is 0.368. The van der Waals surface area contributed by atoms with Gasteiger partial charge in [0.15, 0.2) is 5.82 Å². The fourth-order valence-corrected chi connectivity index (χ4v) is 1.21. The average Bonchev–Trinajstić information content (AvgIpc) is 2.22. The van der Waals surface area contributed by atoms with Crippen LogP contribution in [-0.2, 0) is 0 Å². The Kier molecular flexibility index (Phi) is 3.87. The molecule has 0 aromatic carbocycles. The summed E-state index contributed by atoms with van der Waals surface area (Å²) in [6, 6.07) is 0. The number of aliphatic hydroxyl groups excluding tert-OH is 1. The molecular weight excluding hydrogens is 196 g/mol. The second-order valence-corrected chi connectivity index (χ2v) is 2.93. The number of nitrogens with two attached hydrogens (primary N) is 1. The first-order valence-electron chi connectivity index (χ1n) is 4.50. The van der Waals surface area contributed by atoms with E-state index in [-0.39, 0.29) is 17.9 Å². The van der Waals surface area contributed by atoms with E-state index in [1.165, 1.54) is 6.33 Å². The van der Waals surface area contributed by atoms with E-state index in [0.29, 0.717) is 18.9 Å². The van der Waals surface area contributed by atoms with Crippen molar-refractivity contribution in [3.8, 4) is 0 Å². The molecule has 15 heavy (non-hydrogen) atoms. The molecule has 1 rings (SSSR count). The van der Waals surface area contributed by atoms with Gasteiger partial charge in [0, 0.05) is 13.1 Å². The topological polar surface area (TPSA) is 95.2 Å². The van der Waals surface area contributed by atoms with Crippen molar-refractivity contribution in [2.75, 3.05) is 30.3 Å². The van der Waals surface area contributed by atoms with Crippen molar-refractivity contribution in [1.29, 1.82) is 0 Å². The molecule has 1 heterocycles. The molecule has 1 aromatic heterocycles. The highest BCUT2D eigenvalue weighted by Gasteiger charge is 2.11. The van der Waals surface area contributed by atoms with Crippen LogP contribution in [0.15, 0.2) is 23.8 Å². The van der Waals surface area contributed by atoms with E-state index in [4.69, 9.17) is 10.8 Å². The molecule has 0 atom stereocenters. The van der Waals surface area contributed by atoms with Gasteiger partial charge in [0.25, 0.3) is 5.56 Å². The van der Waals surface area contributed by atoms with Crippen molar-refractivity contribution < 1.29 is 5.11 Å². The average molecular weight is 210 g/mol. The number of hydrogen-bond donors (Lipinski definition) is 3. The van der Waals surface area contributed by atoms with Crippen LogP contribution in [0.25, 0.3) is 0 Å². The summed E-state index contributed by atoms with van der Waals surface area (Å²) in [6.07, 6.45) is 2.93. The number of aromatic nitrogens is 2. The number of anilines is 2. The van der Waals surface area contributed by atoms with Crippen LogP contribution in [0.1, 0.15) is 0 Å². The highest BCUT2D eigenvalue weighted by molar-refractivity contribution is 5.61. The van der Waals surface area contributed by atoms with Gasteiger partial charge < -0.3 is 20.7 Å². The van der Waals surface area contributed by atoms with E-state index in [0.717, 1.165) is 0 Å². The maximum absolute atomic E-state index is 11.2. The van der Waals surface area contributed by atoms with Gasteiger partial charge in [-0.2, -0.15) is 0 Å². The third-order valence-corrected chi connectivity index (χ3v) is 1.89. The largest absolute Gasteiger partial charge is 0.395 e. The lowest BCUT2D eigenvalue weighted by molar-refractivity contribution is 0.302. The minimum absolute atomic E-state index is 0.0399. The quantitative estimate of drug-likeness (QED) is 0.560. The molecular formula is C9H14N4O2. The fraction of sp³-hybridized carbons (Fsp3) is 0.333. The van der Waals surface area contributed by atoms with Gasteiger partial charge in [-0.25, -0.2) is 4.98 Å². The maximum Gasteiger partial charge on any atom is 0.276 e. The van der Waals surface area contributed by atoms with Crippen molar-refractivity contribution in [3.05, 3.63) is 29.3 Å². The molecule has 4 N–H and O–H groups in total. The number of nitrogen functional groups attached to an aromatic ring is 1. The van der Waals surface area contributed by atoms with Gasteiger partial charge in [0.2, 0.25) is 0 Å². The fourth-order valence-electron chi connectivity index (χ4n) is 1.21. The molecule has 0 unspecified atom stereocenters. The lowest BCUT2D eigenvalue weighted by Gasteiger charge is -2.21. The van der Waals surface area contributed by atoms with Gasteiger partial charge >= 0.3 is 0 Å². The van der Waals surface area contributed by atoms with Crippen LogP contribution in [0.2, 0.25) is 0 Å². The minimum Gasteiger partial charge on any atom is -0.395 e. The molecule has 0 fully saturated rings. The first kappa shape index (κ1) is 11.3. The second kappa shape index (κ2) is 5.16. The van der Waals surface area contributed by atoms with Gasteiger partial charge in [0.05, 0.1) is 12.9 Å². The lowest BCUT2D eigenvalue weighted by atomic mass is 10.4. The molecule has 82 valence electrons. The van der Waals surface area contributed by atoms with Crippen LogP contribution in [-0.4, -0.2) is 34.8 Å². The molecule has 1 aromatic rings. The molecule has 0 bridgehead atoms. The van der Waals surface area contributed by atoms with E-state index in [2.05, 4.69) is 16.5 Å². The Labute approximate surface area is 87.1 Å². The number of nitrogens with zero attached hydrogens (tertiary/aromatic N) is 2. The van der Waals surface area contributed by atoms with E-state index >= 15 is 0 Å². The van der Waals surface area contributed by atoms with Crippen LogP contribution in [0, 0.1) is 0 Å². The van der Waals surface area contributed by atoms with Crippen molar-refractivity contribution in [1.82, 2.24) is 9.97 Å². The zero-order valence-electron chi connectivity index (χ0n) is 8.31. The third kappa shape index (κ3) is 2.57. The van der Waals surface area contributed by atoms with E-state index in [1.54, 1.807) is 11.0 Å². The Morgan fingerprint density at radius 2 is 2.47 bits per heavy atom. The Morgan fingerprint density at radius 3 is 3.07 bits per heavy atom. The van der Waals surface area contributed by atoms with Crippen molar-refractivity contribution in [2.45, 2.75) is 0 Å². The number of H-pyrrole nitrogens is 1. The molecule has 0 aliphatic carbocycles. The lowest BCUT2D eigenvalue weighted by Crippen LogP contribution is -2.30. The molecule has 0 spiro atoms. The zero-order valence-corrected chi connectivity index (χ0v) is 8.31. The van der Waals surface area contributed by atoms with E-state index in [1.807, 2.05) is 0 Å². The van der Waals surface area contributed by atoms with Gasteiger partial charge in [-0.05, 0) is 0 Å². The third-order valence-electron chi connectivity index (χ3n) is 1.89. The summed E-state index contributed by atoms with van der Waals surface area (Å²) in [7, 11) is 0. The highest BCUT2D eigenvalue weighted by Crippen LogP contribution is 2.13. The Bertz CT molecular complexity index is 388. The summed E-state index contributed by atoms with van der Waals surface area (Å²) < 4.78 is 0. The molecule has 0 radical (unpaired) electrons. The first-order chi connectivity index (χ1) is 7.20. The highest BCUT2D eigenvalue weighted by atomic mass is 16.3. The molecule has 0 saturated carbocycles. The summed E-state index contributed by atoms with van der Waals surface area (Å²) in [5, 5.41) is 8.85. The van der Waals surface area contributed by atoms with Crippen LogP contribution in [0.4, 0.5) is 11.5 Å². The monoisotopic (exact) mass is 210 g/mol. The Morgan fingerprint density at radius 1 is 1.73 bits per heavy atom. The van der Waals surface area contributed by atoms with Gasteiger partial charge in [0.1, 0.15) is 5.69 Å². The maximum atomic E-state index is 11.2. The number of aliphatic hydroxyl groups is 1. The normalized spacial score (nSPS) is 9.93. The minimum atomic E-state index is -0.382. The molecule has 0 amide bonds.